The Morgan fingerprint density at radius 3 is 2.58 bits per heavy atom. The van der Waals surface area contributed by atoms with Crippen LogP contribution in [0.3, 0.4) is 0 Å². The van der Waals surface area contributed by atoms with Crippen LogP contribution >= 0.6 is 0 Å². The number of anilines is 1. The first-order valence-corrected chi connectivity index (χ1v) is 6.57. The minimum absolute atomic E-state index is 0.0371. The second-order valence-corrected chi connectivity index (χ2v) is 5.12. The number of para-hydroxylation sites is 1. The molecule has 1 saturated heterocycles. The summed E-state index contributed by atoms with van der Waals surface area (Å²) in [5, 5.41) is 11.1. The number of hydrogen-bond acceptors (Lipinski definition) is 3. The van der Waals surface area contributed by atoms with Crippen molar-refractivity contribution in [1.82, 2.24) is 5.01 Å². The maximum atomic E-state index is 13.9. The van der Waals surface area contributed by atoms with Crippen molar-refractivity contribution in [2.24, 2.45) is 0 Å². The molecule has 0 aliphatic carbocycles. The molecule has 1 aliphatic heterocycles. The van der Waals surface area contributed by atoms with Crippen molar-refractivity contribution in [2.45, 2.75) is 45.2 Å². The van der Waals surface area contributed by atoms with Crippen LogP contribution in [0, 0.1) is 5.82 Å². The van der Waals surface area contributed by atoms with Crippen molar-refractivity contribution in [3.8, 4) is 0 Å². The van der Waals surface area contributed by atoms with Gasteiger partial charge in [0.25, 0.3) is 0 Å². The third-order valence-electron chi connectivity index (χ3n) is 3.68. The molecule has 1 fully saturated rings. The Hall–Kier alpha value is -1.62. The van der Waals surface area contributed by atoms with Crippen molar-refractivity contribution >= 4 is 11.7 Å². The fraction of sp³-hybridized carbons (Fsp3) is 0.500. The first-order chi connectivity index (χ1) is 9.00. The monoisotopic (exact) mass is 266 g/mol. The number of hydrazine groups is 1. The highest BCUT2D eigenvalue weighted by atomic mass is 19.1. The number of carboxylic acids is 1. The summed E-state index contributed by atoms with van der Waals surface area (Å²) in [6.07, 6.45) is 3.19. The lowest BCUT2D eigenvalue weighted by Crippen LogP contribution is -2.47. The molecule has 2 unspecified atom stereocenters. The van der Waals surface area contributed by atoms with Gasteiger partial charge in [0.2, 0.25) is 0 Å². The molecule has 104 valence electrons. The Bertz CT molecular complexity index is 469. The summed E-state index contributed by atoms with van der Waals surface area (Å²) >= 11 is 0. The predicted molar refractivity (Wildman–Crippen MR) is 71.6 cm³/mol. The number of nitrogens with one attached hydrogen (secondary N) is 1. The van der Waals surface area contributed by atoms with Gasteiger partial charge in [-0.05, 0) is 38.8 Å². The molecule has 1 heterocycles. The average Bonchev–Trinajstić information content (AvgIpc) is 2.35. The lowest BCUT2D eigenvalue weighted by molar-refractivity contribution is 0.0695. The van der Waals surface area contributed by atoms with E-state index in [9.17, 15) is 9.18 Å². The molecule has 0 radical (unpaired) electrons. The third-order valence-corrected chi connectivity index (χ3v) is 3.68. The van der Waals surface area contributed by atoms with Gasteiger partial charge in [-0.2, -0.15) is 0 Å². The van der Waals surface area contributed by atoms with Crippen molar-refractivity contribution in [1.29, 1.82) is 0 Å². The van der Waals surface area contributed by atoms with Gasteiger partial charge in [0, 0.05) is 12.1 Å². The standard InChI is InChI=1S/C14H19FN2O2/c1-9-5-3-6-10(2)17(9)16-13-11(14(18)19)7-4-8-12(13)15/h4,7-10,16H,3,5-6H2,1-2H3,(H,18,19). The normalized spacial score (nSPS) is 24.2. The Labute approximate surface area is 112 Å². The van der Waals surface area contributed by atoms with E-state index in [-0.39, 0.29) is 23.3 Å². The zero-order valence-electron chi connectivity index (χ0n) is 11.2. The largest absolute Gasteiger partial charge is 0.478 e. The molecule has 0 aromatic heterocycles. The maximum Gasteiger partial charge on any atom is 0.337 e. The van der Waals surface area contributed by atoms with Gasteiger partial charge in [0.15, 0.2) is 0 Å². The van der Waals surface area contributed by atoms with Gasteiger partial charge in [-0.25, -0.2) is 14.2 Å². The Morgan fingerprint density at radius 2 is 2.00 bits per heavy atom. The van der Waals surface area contributed by atoms with E-state index in [2.05, 4.69) is 19.3 Å². The van der Waals surface area contributed by atoms with E-state index in [1.54, 1.807) is 0 Å². The molecule has 2 rings (SSSR count). The van der Waals surface area contributed by atoms with Crippen LogP contribution in [0.5, 0.6) is 0 Å². The summed E-state index contributed by atoms with van der Waals surface area (Å²) < 4.78 is 13.9. The summed E-state index contributed by atoms with van der Waals surface area (Å²) in [5.41, 5.74) is 2.99. The van der Waals surface area contributed by atoms with Gasteiger partial charge in [-0.1, -0.05) is 12.5 Å². The fourth-order valence-electron chi connectivity index (χ4n) is 2.59. The minimum Gasteiger partial charge on any atom is -0.478 e. The molecule has 1 aliphatic rings. The van der Waals surface area contributed by atoms with Crippen LogP contribution in [0.4, 0.5) is 10.1 Å². The van der Waals surface area contributed by atoms with E-state index in [0.29, 0.717) is 0 Å². The van der Waals surface area contributed by atoms with Crippen LogP contribution in [0.2, 0.25) is 0 Å². The molecule has 2 N–H and O–H groups in total. The smallest absolute Gasteiger partial charge is 0.337 e. The number of rotatable bonds is 3. The molecule has 5 heteroatoms. The van der Waals surface area contributed by atoms with Crippen molar-refractivity contribution < 1.29 is 14.3 Å². The van der Waals surface area contributed by atoms with Crippen LogP contribution in [-0.2, 0) is 0 Å². The number of hydrogen-bond donors (Lipinski definition) is 2. The fourth-order valence-corrected chi connectivity index (χ4v) is 2.59. The summed E-state index contributed by atoms with van der Waals surface area (Å²) in [5.74, 6) is -1.66. The van der Waals surface area contributed by atoms with E-state index in [1.807, 2.05) is 5.01 Å². The summed E-state index contributed by atoms with van der Waals surface area (Å²) in [4.78, 5) is 11.2. The highest BCUT2D eigenvalue weighted by molar-refractivity contribution is 5.94. The molecule has 2 atom stereocenters. The van der Waals surface area contributed by atoms with E-state index >= 15 is 0 Å². The number of piperidine rings is 1. The van der Waals surface area contributed by atoms with Gasteiger partial charge >= 0.3 is 5.97 Å². The van der Waals surface area contributed by atoms with Gasteiger partial charge in [-0.3, -0.25) is 0 Å². The maximum absolute atomic E-state index is 13.9. The Balaban J connectivity index is 2.29. The number of carbonyl (C=O) groups is 1. The van der Waals surface area contributed by atoms with Crippen molar-refractivity contribution in [2.75, 3.05) is 5.43 Å². The first kappa shape index (κ1) is 13.8. The van der Waals surface area contributed by atoms with E-state index in [1.165, 1.54) is 18.2 Å². The van der Waals surface area contributed by atoms with E-state index in [4.69, 9.17) is 5.11 Å². The zero-order valence-corrected chi connectivity index (χ0v) is 11.2. The lowest BCUT2D eigenvalue weighted by atomic mass is 10.00. The quantitative estimate of drug-likeness (QED) is 0.882. The number of aromatic carboxylic acids is 1. The van der Waals surface area contributed by atoms with Crippen LogP contribution in [0.25, 0.3) is 0 Å². The molecule has 1 aromatic carbocycles. The second-order valence-electron chi connectivity index (χ2n) is 5.12. The second kappa shape index (κ2) is 5.57. The van der Waals surface area contributed by atoms with E-state index in [0.717, 1.165) is 19.3 Å². The van der Waals surface area contributed by atoms with Gasteiger partial charge in [-0.15, -0.1) is 0 Å². The number of carboxylic acid groups (broad SMARTS) is 1. The van der Waals surface area contributed by atoms with Crippen LogP contribution in [0.1, 0.15) is 43.5 Å². The first-order valence-electron chi connectivity index (χ1n) is 6.57. The van der Waals surface area contributed by atoms with Gasteiger partial charge in [0.1, 0.15) is 5.82 Å². The molecule has 0 bridgehead atoms. The number of benzene rings is 1. The Morgan fingerprint density at radius 1 is 1.37 bits per heavy atom. The van der Waals surface area contributed by atoms with Crippen LogP contribution in [-0.4, -0.2) is 28.2 Å². The van der Waals surface area contributed by atoms with Gasteiger partial charge in [0.05, 0.1) is 11.3 Å². The highest BCUT2D eigenvalue weighted by Crippen LogP contribution is 2.26. The van der Waals surface area contributed by atoms with Crippen LogP contribution in [0.15, 0.2) is 18.2 Å². The highest BCUT2D eigenvalue weighted by Gasteiger charge is 2.26. The lowest BCUT2D eigenvalue weighted by Gasteiger charge is -2.39. The summed E-state index contributed by atoms with van der Waals surface area (Å²) in [7, 11) is 0. The number of nitrogens with zero attached hydrogens (tertiary/aromatic N) is 1. The molecule has 0 amide bonds. The molecule has 0 spiro atoms. The summed E-state index contributed by atoms with van der Waals surface area (Å²) in [6, 6.07) is 4.60. The SMILES string of the molecule is CC1CCCC(C)N1Nc1c(F)cccc1C(=O)O. The molecular weight excluding hydrogens is 247 g/mol. The average molecular weight is 266 g/mol. The minimum atomic E-state index is -1.13. The molecule has 0 saturated carbocycles. The summed E-state index contributed by atoms with van der Waals surface area (Å²) in [6.45, 7) is 4.12. The Kier molecular flexibility index (Phi) is 4.04. The zero-order chi connectivity index (χ0) is 14.0. The molecule has 4 nitrogen and oxygen atoms in total. The van der Waals surface area contributed by atoms with Crippen molar-refractivity contribution in [3.05, 3.63) is 29.6 Å². The van der Waals surface area contributed by atoms with Gasteiger partial charge < -0.3 is 10.5 Å². The van der Waals surface area contributed by atoms with Crippen LogP contribution < -0.4 is 5.43 Å². The topological polar surface area (TPSA) is 52.6 Å². The number of halogens is 1. The molecular formula is C14H19FN2O2. The molecule has 19 heavy (non-hydrogen) atoms. The van der Waals surface area contributed by atoms with E-state index < -0.39 is 11.8 Å². The molecule has 1 aromatic rings. The third kappa shape index (κ3) is 2.87. The van der Waals surface area contributed by atoms with Crippen molar-refractivity contribution in [3.63, 3.8) is 0 Å². The predicted octanol–water partition coefficient (Wildman–Crippen LogP) is 3.11.